The van der Waals surface area contributed by atoms with Crippen molar-refractivity contribution in [1.82, 2.24) is 15.0 Å². The van der Waals surface area contributed by atoms with Crippen LogP contribution in [0.15, 0.2) is 115 Å². The van der Waals surface area contributed by atoms with E-state index in [4.69, 9.17) is 15.0 Å². The van der Waals surface area contributed by atoms with Crippen LogP contribution in [-0.4, -0.2) is 15.0 Å². The smallest absolute Gasteiger partial charge is 0.164 e. The van der Waals surface area contributed by atoms with Gasteiger partial charge in [-0.2, -0.15) is 5.26 Å². The van der Waals surface area contributed by atoms with Gasteiger partial charge in [-0.05, 0) is 89.5 Å². The molecular formula is C43H38N4. The molecule has 2 aliphatic rings. The maximum absolute atomic E-state index is 10.2. The van der Waals surface area contributed by atoms with Crippen molar-refractivity contribution in [3.05, 3.63) is 126 Å². The quantitative estimate of drug-likeness (QED) is 0.195. The molecule has 2 fully saturated rings. The molecule has 0 N–H and O–H groups in total. The van der Waals surface area contributed by atoms with Crippen LogP contribution in [0.4, 0.5) is 0 Å². The molecule has 6 aromatic rings. The molecule has 1 heterocycles. The molecule has 4 heteroatoms. The monoisotopic (exact) mass is 610 g/mol. The summed E-state index contributed by atoms with van der Waals surface area (Å²) < 4.78 is 0. The molecule has 2 saturated carbocycles. The average Bonchev–Trinajstić information content (AvgIpc) is 3.11. The minimum absolute atomic E-state index is 0.274. The van der Waals surface area contributed by atoms with Crippen LogP contribution in [0.1, 0.15) is 57.1 Å². The van der Waals surface area contributed by atoms with Crippen molar-refractivity contribution in [2.75, 3.05) is 0 Å². The normalized spacial score (nSPS) is 22.1. The third-order valence-electron chi connectivity index (χ3n) is 10.5. The van der Waals surface area contributed by atoms with Gasteiger partial charge in [-0.1, -0.05) is 117 Å². The van der Waals surface area contributed by atoms with Crippen molar-refractivity contribution in [2.45, 2.75) is 51.4 Å². The van der Waals surface area contributed by atoms with E-state index < -0.39 is 0 Å². The maximum Gasteiger partial charge on any atom is 0.164 e. The van der Waals surface area contributed by atoms with Crippen LogP contribution < -0.4 is 0 Å². The lowest BCUT2D eigenvalue weighted by Gasteiger charge is -2.50. The zero-order valence-electron chi connectivity index (χ0n) is 27.0. The Hall–Kier alpha value is -5.14. The highest BCUT2D eigenvalue weighted by molar-refractivity contribution is 6.07. The Kier molecular flexibility index (Phi) is 7.41. The Labute approximate surface area is 277 Å². The lowest BCUT2D eigenvalue weighted by atomic mass is 9.54. The molecule has 8 rings (SSSR count). The van der Waals surface area contributed by atoms with Gasteiger partial charge in [0.15, 0.2) is 17.5 Å². The topological polar surface area (TPSA) is 62.5 Å². The summed E-state index contributed by atoms with van der Waals surface area (Å²) in [5.41, 5.74) is 7.26. The molecule has 0 aliphatic heterocycles. The molecule has 0 spiro atoms. The van der Waals surface area contributed by atoms with E-state index in [2.05, 4.69) is 74.5 Å². The number of fused-ring (bicyclic) bond motifs is 3. The van der Waals surface area contributed by atoms with Gasteiger partial charge in [0.05, 0.1) is 11.6 Å². The summed E-state index contributed by atoms with van der Waals surface area (Å²) in [5.74, 6) is 4.26. The van der Waals surface area contributed by atoms with Crippen molar-refractivity contribution in [2.24, 2.45) is 17.8 Å². The summed E-state index contributed by atoms with van der Waals surface area (Å²) in [6, 6.07) is 42.0. The van der Waals surface area contributed by atoms with Crippen LogP contribution in [0.3, 0.4) is 0 Å². The Morgan fingerprint density at radius 3 is 1.79 bits per heavy atom. The van der Waals surface area contributed by atoms with Gasteiger partial charge in [-0.25, -0.2) is 15.0 Å². The molecule has 0 radical (unpaired) electrons. The summed E-state index contributed by atoms with van der Waals surface area (Å²) in [5, 5.41) is 12.0. The second-order valence-electron chi connectivity index (χ2n) is 14.1. The Bertz CT molecular complexity index is 2090. The summed E-state index contributed by atoms with van der Waals surface area (Å²) >= 11 is 0. The van der Waals surface area contributed by atoms with E-state index in [9.17, 15) is 5.26 Å². The summed E-state index contributed by atoms with van der Waals surface area (Å²) in [6.07, 6.45) is 6.61. The van der Waals surface area contributed by atoms with Crippen LogP contribution in [0.5, 0.6) is 0 Å². The van der Waals surface area contributed by atoms with Gasteiger partial charge in [0.2, 0.25) is 0 Å². The fourth-order valence-corrected chi connectivity index (χ4v) is 8.93. The molecule has 5 aromatic carbocycles. The average molecular weight is 611 g/mol. The van der Waals surface area contributed by atoms with E-state index in [0.29, 0.717) is 23.0 Å². The second kappa shape index (κ2) is 11.9. The largest absolute Gasteiger partial charge is 0.208 e. The number of nitrogens with zero attached hydrogens (tertiary/aromatic N) is 4. The molecule has 0 saturated heterocycles. The number of aromatic nitrogens is 3. The number of nitriles is 1. The van der Waals surface area contributed by atoms with Gasteiger partial charge in [-0.3, -0.25) is 0 Å². The standard InChI is InChI=1S/C43H38N4/c1-28-22-30-23-29(2)25-43(24-28,26-30)35-18-16-33(17-19-35)41-45-40(32-12-7-4-8-13-32)46-42(47-41)38-21-20-36(31-10-5-3-6-11-31)39-34(27-44)14-9-15-37(38)39/h3-21,28-30H,22-26H2,1-2H3/t28-,29+,30?,43?. The number of rotatable bonds is 5. The van der Waals surface area contributed by atoms with Crippen LogP contribution in [-0.2, 0) is 5.41 Å². The van der Waals surface area contributed by atoms with Gasteiger partial charge >= 0.3 is 0 Å². The minimum atomic E-state index is 0.274. The van der Waals surface area contributed by atoms with E-state index >= 15 is 0 Å². The van der Waals surface area contributed by atoms with E-state index in [1.54, 1.807) is 0 Å². The number of hydrogen-bond acceptors (Lipinski definition) is 4. The molecule has 230 valence electrons. The Morgan fingerprint density at radius 1 is 0.574 bits per heavy atom. The molecule has 47 heavy (non-hydrogen) atoms. The van der Waals surface area contributed by atoms with Crippen molar-refractivity contribution >= 4 is 10.8 Å². The first-order valence-corrected chi connectivity index (χ1v) is 16.9. The van der Waals surface area contributed by atoms with Gasteiger partial charge in [0.25, 0.3) is 0 Å². The van der Waals surface area contributed by atoms with Crippen molar-refractivity contribution < 1.29 is 0 Å². The lowest BCUT2D eigenvalue weighted by molar-refractivity contribution is 0.0780. The highest BCUT2D eigenvalue weighted by Crippen LogP contribution is 2.54. The van der Waals surface area contributed by atoms with E-state index in [0.717, 1.165) is 56.3 Å². The third-order valence-corrected chi connectivity index (χ3v) is 10.5. The van der Waals surface area contributed by atoms with Crippen LogP contribution >= 0.6 is 0 Å². The fraction of sp³-hybridized carbons (Fsp3) is 0.256. The van der Waals surface area contributed by atoms with Crippen molar-refractivity contribution in [3.63, 3.8) is 0 Å². The molecule has 4 atom stereocenters. The number of hydrogen-bond donors (Lipinski definition) is 0. The first-order chi connectivity index (χ1) is 23.0. The van der Waals surface area contributed by atoms with Crippen molar-refractivity contribution in [3.8, 4) is 51.4 Å². The predicted molar refractivity (Wildman–Crippen MR) is 190 cm³/mol. The second-order valence-corrected chi connectivity index (χ2v) is 14.1. The van der Waals surface area contributed by atoms with Crippen molar-refractivity contribution in [1.29, 1.82) is 5.26 Å². The molecule has 4 nitrogen and oxygen atoms in total. The van der Waals surface area contributed by atoms with Gasteiger partial charge in [0.1, 0.15) is 0 Å². The summed E-state index contributed by atoms with van der Waals surface area (Å²) in [6.45, 7) is 4.89. The Morgan fingerprint density at radius 2 is 1.15 bits per heavy atom. The first kappa shape index (κ1) is 29.3. The van der Waals surface area contributed by atoms with Gasteiger partial charge in [-0.15, -0.1) is 0 Å². The van der Waals surface area contributed by atoms with Crippen LogP contribution in [0.25, 0.3) is 56.1 Å². The summed E-state index contributed by atoms with van der Waals surface area (Å²) in [4.78, 5) is 15.2. The highest BCUT2D eigenvalue weighted by atomic mass is 15.0. The molecule has 0 amide bonds. The van der Waals surface area contributed by atoms with Crippen LogP contribution in [0.2, 0.25) is 0 Å². The fourth-order valence-electron chi connectivity index (χ4n) is 8.93. The molecule has 1 aromatic heterocycles. The van der Waals surface area contributed by atoms with E-state index in [-0.39, 0.29) is 5.41 Å². The highest BCUT2D eigenvalue weighted by Gasteiger charge is 2.45. The zero-order valence-corrected chi connectivity index (χ0v) is 27.0. The maximum atomic E-state index is 10.2. The minimum Gasteiger partial charge on any atom is -0.208 e. The molecule has 2 unspecified atom stereocenters. The zero-order chi connectivity index (χ0) is 32.0. The van der Waals surface area contributed by atoms with Gasteiger partial charge in [0, 0.05) is 22.1 Å². The SMILES string of the molecule is C[C@@H]1CC2C[C@H](C)CC(c3ccc(-c4nc(-c5ccccc5)nc(-c5ccc(-c6ccccc6)c6c(C#N)cccc56)n4)cc3)(C2)C1. The molecule has 2 bridgehead atoms. The first-order valence-electron chi connectivity index (χ1n) is 16.9. The van der Waals surface area contributed by atoms with E-state index in [1.165, 1.54) is 37.7 Å². The van der Waals surface area contributed by atoms with Crippen LogP contribution in [0, 0.1) is 29.1 Å². The Balaban J connectivity index is 1.27. The molecule has 2 aliphatic carbocycles. The predicted octanol–water partition coefficient (Wildman–Crippen LogP) is 10.7. The van der Waals surface area contributed by atoms with Gasteiger partial charge < -0.3 is 0 Å². The third kappa shape index (κ3) is 5.40. The lowest BCUT2D eigenvalue weighted by Crippen LogP contribution is -2.42. The molecular weight excluding hydrogens is 573 g/mol. The number of benzene rings is 5. The summed E-state index contributed by atoms with van der Waals surface area (Å²) in [7, 11) is 0. The van der Waals surface area contributed by atoms with E-state index in [1.807, 2.05) is 60.7 Å².